The first-order valence-electron chi connectivity index (χ1n) is 6.56. The molecule has 2 aliphatic rings. The number of hydrogen-bond acceptors (Lipinski definition) is 2. The summed E-state index contributed by atoms with van der Waals surface area (Å²) in [5.74, 6) is 0. The van der Waals surface area contributed by atoms with Crippen molar-refractivity contribution in [2.24, 2.45) is 0 Å². The highest BCUT2D eigenvalue weighted by Gasteiger charge is 2.30. The monoisotopic (exact) mass is 210 g/mol. The van der Waals surface area contributed by atoms with Crippen molar-refractivity contribution >= 4 is 0 Å². The third-order valence-corrected chi connectivity index (χ3v) is 4.02. The molecule has 0 N–H and O–H groups in total. The first-order valence-corrected chi connectivity index (χ1v) is 6.56. The lowest BCUT2D eigenvalue weighted by molar-refractivity contribution is 0.0405. The molecule has 2 heteroatoms. The molecule has 2 fully saturated rings. The second-order valence-corrected chi connectivity index (χ2v) is 6.18. The summed E-state index contributed by atoms with van der Waals surface area (Å²) in [6, 6.07) is 0.895. The van der Waals surface area contributed by atoms with Gasteiger partial charge >= 0.3 is 0 Å². The summed E-state index contributed by atoms with van der Waals surface area (Å²) < 4.78 is 0. The van der Waals surface area contributed by atoms with Crippen LogP contribution >= 0.6 is 0 Å². The fraction of sp³-hybridized carbons (Fsp3) is 1.00. The number of nitrogens with zero attached hydrogens (tertiary/aromatic N) is 2. The van der Waals surface area contributed by atoms with Crippen LogP contribution in [-0.2, 0) is 0 Å². The maximum Gasteiger partial charge on any atom is 0.0513 e. The molecule has 0 aliphatic carbocycles. The molecule has 0 radical (unpaired) electrons. The Hall–Kier alpha value is -0.0800. The molecule has 0 aromatic heterocycles. The molecule has 0 bridgehead atoms. The van der Waals surface area contributed by atoms with Crippen molar-refractivity contribution in [1.29, 1.82) is 0 Å². The van der Waals surface area contributed by atoms with E-state index >= 15 is 0 Å². The summed E-state index contributed by atoms with van der Waals surface area (Å²) in [6.07, 6.45) is 7.12. The van der Waals surface area contributed by atoms with Crippen LogP contribution in [0.1, 0.15) is 52.9 Å². The molecule has 0 aromatic rings. The van der Waals surface area contributed by atoms with Gasteiger partial charge < -0.3 is 0 Å². The van der Waals surface area contributed by atoms with E-state index in [2.05, 4.69) is 30.6 Å². The van der Waals surface area contributed by atoms with Crippen molar-refractivity contribution in [2.75, 3.05) is 19.8 Å². The number of fused-ring (bicyclic) bond motifs is 1. The first-order chi connectivity index (χ1) is 7.07. The Morgan fingerprint density at radius 2 is 1.67 bits per heavy atom. The molecule has 88 valence electrons. The van der Waals surface area contributed by atoms with Crippen molar-refractivity contribution < 1.29 is 0 Å². The van der Waals surface area contributed by atoms with Crippen molar-refractivity contribution in [3.05, 3.63) is 0 Å². The van der Waals surface area contributed by atoms with Gasteiger partial charge in [0.15, 0.2) is 0 Å². The van der Waals surface area contributed by atoms with Crippen LogP contribution < -0.4 is 0 Å². The molecule has 15 heavy (non-hydrogen) atoms. The normalized spacial score (nSPS) is 31.0. The topological polar surface area (TPSA) is 6.48 Å². The minimum absolute atomic E-state index is 0.340. The van der Waals surface area contributed by atoms with E-state index in [9.17, 15) is 0 Å². The molecule has 0 unspecified atom stereocenters. The van der Waals surface area contributed by atoms with Gasteiger partial charge in [0.1, 0.15) is 0 Å². The summed E-state index contributed by atoms with van der Waals surface area (Å²) >= 11 is 0. The number of rotatable bonds is 0. The van der Waals surface area contributed by atoms with Gasteiger partial charge in [0, 0.05) is 11.6 Å². The molecular formula is C13H26N2. The molecule has 2 saturated heterocycles. The molecule has 0 aromatic carbocycles. The van der Waals surface area contributed by atoms with Gasteiger partial charge in [0.2, 0.25) is 0 Å². The van der Waals surface area contributed by atoms with E-state index in [4.69, 9.17) is 0 Å². The quantitative estimate of drug-likeness (QED) is 0.606. The van der Waals surface area contributed by atoms with Gasteiger partial charge in [-0.3, -0.25) is 9.80 Å². The van der Waals surface area contributed by atoms with Gasteiger partial charge in [-0.1, -0.05) is 6.42 Å². The van der Waals surface area contributed by atoms with Crippen LogP contribution in [0.25, 0.3) is 0 Å². The zero-order valence-electron chi connectivity index (χ0n) is 10.6. The first kappa shape index (κ1) is 11.4. The van der Waals surface area contributed by atoms with Gasteiger partial charge in [-0.15, -0.1) is 0 Å². The second-order valence-electron chi connectivity index (χ2n) is 6.18. The standard InChI is InChI=1S/C13H26N2/c1-13(2,3)15-10-6-8-12-7-4-5-9-14(12)11-15/h12H,4-11H2,1-3H3/t12-/m1/s1. The smallest absolute Gasteiger partial charge is 0.0513 e. The van der Waals surface area contributed by atoms with Gasteiger partial charge in [0.05, 0.1) is 6.67 Å². The highest BCUT2D eigenvalue weighted by atomic mass is 15.4. The van der Waals surface area contributed by atoms with E-state index in [1.165, 1.54) is 51.9 Å². The van der Waals surface area contributed by atoms with Crippen LogP contribution in [0, 0.1) is 0 Å². The lowest BCUT2D eigenvalue weighted by Crippen LogP contribution is -2.50. The molecule has 1 atom stereocenters. The van der Waals surface area contributed by atoms with E-state index in [0.717, 1.165) is 6.04 Å². The van der Waals surface area contributed by atoms with Gasteiger partial charge in [0.25, 0.3) is 0 Å². The average molecular weight is 210 g/mol. The van der Waals surface area contributed by atoms with E-state index in [1.54, 1.807) is 0 Å². The van der Waals surface area contributed by atoms with Crippen LogP contribution in [-0.4, -0.2) is 41.1 Å². The van der Waals surface area contributed by atoms with Crippen LogP contribution in [0.15, 0.2) is 0 Å². The minimum atomic E-state index is 0.340. The fourth-order valence-electron chi connectivity index (χ4n) is 2.93. The molecule has 2 aliphatic heterocycles. The van der Waals surface area contributed by atoms with Crippen LogP contribution in [0.5, 0.6) is 0 Å². The second kappa shape index (κ2) is 4.42. The molecule has 2 heterocycles. The number of hydrogen-bond donors (Lipinski definition) is 0. The lowest BCUT2D eigenvalue weighted by atomic mass is 9.99. The van der Waals surface area contributed by atoms with E-state index in [0.29, 0.717) is 5.54 Å². The molecule has 2 nitrogen and oxygen atoms in total. The highest BCUT2D eigenvalue weighted by Crippen LogP contribution is 2.26. The Morgan fingerprint density at radius 3 is 2.40 bits per heavy atom. The SMILES string of the molecule is CC(C)(C)N1CCC[C@H]2CCCCN2C1. The Labute approximate surface area is 94.6 Å². The van der Waals surface area contributed by atoms with Gasteiger partial charge in [-0.2, -0.15) is 0 Å². The van der Waals surface area contributed by atoms with Gasteiger partial charge in [-0.05, 0) is 59.5 Å². The van der Waals surface area contributed by atoms with E-state index in [1.807, 2.05) is 0 Å². The van der Waals surface area contributed by atoms with E-state index < -0.39 is 0 Å². The van der Waals surface area contributed by atoms with Crippen molar-refractivity contribution in [3.8, 4) is 0 Å². The van der Waals surface area contributed by atoms with Crippen molar-refractivity contribution in [2.45, 2.75) is 64.5 Å². The summed E-state index contributed by atoms with van der Waals surface area (Å²) in [5, 5.41) is 0. The fourth-order valence-corrected chi connectivity index (χ4v) is 2.93. The summed E-state index contributed by atoms with van der Waals surface area (Å²) in [6.45, 7) is 10.9. The van der Waals surface area contributed by atoms with Gasteiger partial charge in [-0.25, -0.2) is 0 Å². The summed E-state index contributed by atoms with van der Waals surface area (Å²) in [7, 11) is 0. The Morgan fingerprint density at radius 1 is 0.933 bits per heavy atom. The number of piperidine rings is 1. The lowest BCUT2D eigenvalue weighted by Gasteiger charge is -2.40. The predicted molar refractivity (Wildman–Crippen MR) is 64.9 cm³/mol. The Kier molecular flexibility index (Phi) is 3.36. The molecule has 0 saturated carbocycles. The average Bonchev–Trinajstić information content (AvgIpc) is 2.38. The predicted octanol–water partition coefficient (Wildman–Crippen LogP) is 2.69. The molecule has 0 amide bonds. The summed E-state index contributed by atoms with van der Waals surface area (Å²) in [4.78, 5) is 5.38. The maximum absolute atomic E-state index is 2.72. The Balaban J connectivity index is 2.01. The largest absolute Gasteiger partial charge is 0.288 e. The van der Waals surface area contributed by atoms with Crippen molar-refractivity contribution in [3.63, 3.8) is 0 Å². The molecule has 2 rings (SSSR count). The van der Waals surface area contributed by atoms with Crippen LogP contribution in [0.4, 0.5) is 0 Å². The third kappa shape index (κ3) is 2.73. The Bertz CT molecular complexity index is 207. The van der Waals surface area contributed by atoms with Crippen LogP contribution in [0.3, 0.4) is 0 Å². The highest BCUT2D eigenvalue weighted by molar-refractivity contribution is 4.84. The van der Waals surface area contributed by atoms with Crippen molar-refractivity contribution in [1.82, 2.24) is 9.80 Å². The van der Waals surface area contributed by atoms with E-state index in [-0.39, 0.29) is 0 Å². The minimum Gasteiger partial charge on any atom is -0.288 e. The third-order valence-electron chi connectivity index (χ3n) is 4.02. The zero-order chi connectivity index (χ0) is 10.9. The van der Waals surface area contributed by atoms with Crippen LogP contribution in [0.2, 0.25) is 0 Å². The zero-order valence-corrected chi connectivity index (χ0v) is 10.6. The molecule has 0 spiro atoms. The summed E-state index contributed by atoms with van der Waals surface area (Å²) in [5.41, 5.74) is 0.340. The molecular weight excluding hydrogens is 184 g/mol. The maximum atomic E-state index is 2.72.